The summed E-state index contributed by atoms with van der Waals surface area (Å²) in [6.45, 7) is -0.652. The summed E-state index contributed by atoms with van der Waals surface area (Å²) in [5, 5.41) is 0. The number of carbonyl (C=O) groups excluding carboxylic acids is 2. The Morgan fingerprint density at radius 3 is 2.22 bits per heavy atom. The van der Waals surface area contributed by atoms with Crippen LogP contribution in [0.1, 0.15) is 26.3 Å². The van der Waals surface area contributed by atoms with Gasteiger partial charge in [-0.3, -0.25) is 4.79 Å². The Balaban J connectivity index is 2.02. The fourth-order valence-electron chi connectivity index (χ4n) is 1.76. The molecule has 120 valence electrons. The van der Waals surface area contributed by atoms with Crippen LogP contribution in [0.5, 0.6) is 0 Å². The lowest BCUT2D eigenvalue weighted by Crippen LogP contribution is -2.15. The van der Waals surface area contributed by atoms with Crippen molar-refractivity contribution in [3.63, 3.8) is 0 Å². The predicted molar refractivity (Wildman–Crippen MR) is 72.5 cm³/mol. The lowest BCUT2D eigenvalue weighted by atomic mass is 10.1. The first-order valence-electron chi connectivity index (χ1n) is 6.40. The highest BCUT2D eigenvalue weighted by atomic mass is 19.4. The number of rotatable bonds is 4. The zero-order valence-electron chi connectivity index (χ0n) is 11.6. The van der Waals surface area contributed by atoms with Gasteiger partial charge < -0.3 is 4.74 Å². The van der Waals surface area contributed by atoms with E-state index in [1.54, 1.807) is 0 Å². The van der Waals surface area contributed by atoms with E-state index in [1.165, 1.54) is 12.1 Å². The van der Waals surface area contributed by atoms with Gasteiger partial charge in [-0.15, -0.1) is 0 Å². The van der Waals surface area contributed by atoms with E-state index in [0.717, 1.165) is 30.3 Å². The zero-order valence-corrected chi connectivity index (χ0v) is 11.6. The lowest BCUT2D eigenvalue weighted by Gasteiger charge is -2.08. The molecular weight excluding hydrogens is 316 g/mol. The molecule has 0 amide bonds. The first-order chi connectivity index (χ1) is 10.8. The maximum Gasteiger partial charge on any atom is 0.416 e. The van der Waals surface area contributed by atoms with E-state index in [9.17, 15) is 27.2 Å². The monoisotopic (exact) mass is 326 g/mol. The molecule has 2 aromatic rings. The molecule has 3 nitrogen and oxygen atoms in total. The molecule has 2 aromatic carbocycles. The molecule has 0 saturated carbocycles. The Morgan fingerprint density at radius 2 is 1.61 bits per heavy atom. The molecule has 0 aromatic heterocycles. The van der Waals surface area contributed by atoms with Gasteiger partial charge >= 0.3 is 12.1 Å². The summed E-state index contributed by atoms with van der Waals surface area (Å²) in [4.78, 5) is 23.5. The Kier molecular flexibility index (Phi) is 4.78. The molecule has 0 bridgehead atoms. The summed E-state index contributed by atoms with van der Waals surface area (Å²) < 4.78 is 55.1. The topological polar surface area (TPSA) is 43.4 Å². The number of alkyl halides is 3. The fourth-order valence-corrected chi connectivity index (χ4v) is 1.76. The van der Waals surface area contributed by atoms with Crippen LogP contribution in [-0.4, -0.2) is 18.4 Å². The van der Waals surface area contributed by atoms with E-state index >= 15 is 0 Å². The van der Waals surface area contributed by atoms with Gasteiger partial charge in [-0.25, -0.2) is 9.18 Å². The third kappa shape index (κ3) is 4.38. The van der Waals surface area contributed by atoms with E-state index < -0.39 is 35.9 Å². The highest BCUT2D eigenvalue weighted by Crippen LogP contribution is 2.29. The molecule has 0 fully saturated rings. The van der Waals surface area contributed by atoms with Gasteiger partial charge in [0.15, 0.2) is 12.4 Å². The van der Waals surface area contributed by atoms with Crippen LogP contribution in [-0.2, 0) is 10.9 Å². The van der Waals surface area contributed by atoms with E-state index in [2.05, 4.69) is 0 Å². The second-order valence-corrected chi connectivity index (χ2v) is 4.58. The first-order valence-corrected chi connectivity index (χ1v) is 6.40. The number of benzene rings is 2. The minimum absolute atomic E-state index is 0.128. The third-order valence-electron chi connectivity index (χ3n) is 2.93. The Bertz CT molecular complexity index is 721. The van der Waals surface area contributed by atoms with Crippen LogP contribution in [0, 0.1) is 5.82 Å². The number of halogens is 4. The van der Waals surface area contributed by atoms with Crippen molar-refractivity contribution in [1.29, 1.82) is 0 Å². The van der Waals surface area contributed by atoms with Crippen LogP contribution >= 0.6 is 0 Å². The van der Waals surface area contributed by atoms with E-state index in [0.29, 0.717) is 6.07 Å². The quantitative estimate of drug-likeness (QED) is 0.486. The van der Waals surface area contributed by atoms with Crippen molar-refractivity contribution in [2.24, 2.45) is 0 Å². The minimum Gasteiger partial charge on any atom is -0.454 e. The fraction of sp³-hybridized carbons (Fsp3) is 0.125. The molecule has 0 unspecified atom stereocenters. The van der Waals surface area contributed by atoms with Crippen molar-refractivity contribution in [3.8, 4) is 0 Å². The molecule has 0 aliphatic carbocycles. The largest absolute Gasteiger partial charge is 0.454 e. The summed E-state index contributed by atoms with van der Waals surface area (Å²) in [5.74, 6) is -2.17. The summed E-state index contributed by atoms with van der Waals surface area (Å²) in [6.07, 6.45) is -4.58. The van der Waals surface area contributed by atoms with Crippen molar-refractivity contribution in [2.45, 2.75) is 6.18 Å². The van der Waals surface area contributed by atoms with E-state index in [-0.39, 0.29) is 11.1 Å². The number of carbonyl (C=O) groups is 2. The number of hydrogen-bond acceptors (Lipinski definition) is 3. The van der Waals surface area contributed by atoms with Crippen molar-refractivity contribution >= 4 is 11.8 Å². The summed E-state index contributed by atoms with van der Waals surface area (Å²) >= 11 is 0. The average molecular weight is 326 g/mol. The molecule has 0 atom stereocenters. The summed E-state index contributed by atoms with van der Waals surface area (Å²) in [7, 11) is 0. The molecule has 0 N–H and O–H groups in total. The Hall–Kier alpha value is -2.70. The maximum atomic E-state index is 12.7. The normalized spacial score (nSPS) is 11.1. The Labute approximate surface area is 128 Å². The predicted octanol–water partition coefficient (Wildman–Crippen LogP) is 3.88. The number of ketones is 1. The molecule has 7 heteroatoms. The molecule has 0 saturated heterocycles. The molecule has 2 rings (SSSR count). The standard InChI is InChI=1S/C16H10F4O3/c17-13-6-4-10(5-7-13)14(21)9-23-15(22)11-2-1-3-12(8-11)16(18,19)20/h1-8H,9H2. The van der Waals surface area contributed by atoms with Gasteiger partial charge in [-0.2, -0.15) is 13.2 Å². The van der Waals surface area contributed by atoms with Crippen molar-refractivity contribution < 1.29 is 31.9 Å². The highest BCUT2D eigenvalue weighted by molar-refractivity contribution is 5.99. The number of esters is 1. The van der Waals surface area contributed by atoms with Crippen LogP contribution < -0.4 is 0 Å². The highest BCUT2D eigenvalue weighted by Gasteiger charge is 2.31. The van der Waals surface area contributed by atoms with Crippen LogP contribution in [0.25, 0.3) is 0 Å². The van der Waals surface area contributed by atoms with Gasteiger partial charge in [0.1, 0.15) is 5.82 Å². The van der Waals surface area contributed by atoms with E-state index in [4.69, 9.17) is 4.74 Å². The lowest BCUT2D eigenvalue weighted by molar-refractivity contribution is -0.137. The minimum atomic E-state index is -4.58. The first kappa shape index (κ1) is 16.7. The van der Waals surface area contributed by atoms with Crippen molar-refractivity contribution in [3.05, 3.63) is 71.0 Å². The summed E-state index contributed by atoms with van der Waals surface area (Å²) in [5.41, 5.74) is -1.17. The maximum absolute atomic E-state index is 12.7. The molecule has 0 heterocycles. The van der Waals surface area contributed by atoms with Gasteiger partial charge in [-0.05, 0) is 42.5 Å². The van der Waals surface area contributed by atoms with E-state index in [1.807, 2.05) is 0 Å². The van der Waals surface area contributed by atoms with Gasteiger partial charge in [0.2, 0.25) is 0 Å². The van der Waals surface area contributed by atoms with Crippen LogP contribution in [0.15, 0.2) is 48.5 Å². The number of Topliss-reactive ketones (excluding diaryl/α,β-unsaturated/α-hetero) is 1. The SMILES string of the molecule is O=C(COC(=O)c1cccc(C(F)(F)F)c1)c1ccc(F)cc1. The van der Waals surface area contributed by atoms with Gasteiger partial charge in [0, 0.05) is 5.56 Å². The second-order valence-electron chi connectivity index (χ2n) is 4.58. The average Bonchev–Trinajstić information content (AvgIpc) is 2.52. The molecule has 0 spiro atoms. The van der Waals surface area contributed by atoms with Gasteiger partial charge in [0.25, 0.3) is 0 Å². The Morgan fingerprint density at radius 1 is 0.957 bits per heavy atom. The molecule has 0 aliphatic heterocycles. The number of hydrogen-bond donors (Lipinski definition) is 0. The number of ether oxygens (including phenoxy) is 1. The van der Waals surface area contributed by atoms with Crippen LogP contribution in [0.2, 0.25) is 0 Å². The molecular formula is C16H10F4O3. The molecule has 23 heavy (non-hydrogen) atoms. The second kappa shape index (κ2) is 6.60. The third-order valence-corrected chi connectivity index (χ3v) is 2.93. The van der Waals surface area contributed by atoms with Crippen molar-refractivity contribution in [2.75, 3.05) is 6.61 Å². The van der Waals surface area contributed by atoms with Crippen molar-refractivity contribution in [1.82, 2.24) is 0 Å². The van der Waals surface area contributed by atoms with Crippen LogP contribution in [0.3, 0.4) is 0 Å². The molecule has 0 radical (unpaired) electrons. The van der Waals surface area contributed by atoms with Gasteiger partial charge in [0.05, 0.1) is 11.1 Å². The van der Waals surface area contributed by atoms with Crippen LogP contribution in [0.4, 0.5) is 17.6 Å². The molecule has 0 aliphatic rings. The van der Waals surface area contributed by atoms with Gasteiger partial charge in [-0.1, -0.05) is 6.07 Å². The summed E-state index contributed by atoms with van der Waals surface area (Å²) in [6, 6.07) is 8.27. The smallest absolute Gasteiger partial charge is 0.416 e. The zero-order chi connectivity index (χ0) is 17.0.